The van der Waals surface area contributed by atoms with Gasteiger partial charge in [-0.3, -0.25) is 4.79 Å². The van der Waals surface area contributed by atoms with Gasteiger partial charge in [-0.1, -0.05) is 41.6 Å². The van der Waals surface area contributed by atoms with Crippen LogP contribution in [0, 0.1) is 20.8 Å². The van der Waals surface area contributed by atoms with E-state index in [0.717, 1.165) is 22.5 Å². The lowest BCUT2D eigenvalue weighted by Crippen LogP contribution is -2.28. The number of thioether (sulfide) groups is 1. The van der Waals surface area contributed by atoms with E-state index in [9.17, 15) is 4.79 Å². The van der Waals surface area contributed by atoms with Crippen LogP contribution in [-0.4, -0.2) is 31.2 Å². The molecule has 1 amide bonds. The molecule has 26 heavy (non-hydrogen) atoms. The number of hydrogen-bond donors (Lipinski definition) is 1. The average Bonchev–Trinajstić information content (AvgIpc) is 3.01. The van der Waals surface area contributed by atoms with Gasteiger partial charge in [-0.15, -0.1) is 5.10 Å². The van der Waals surface area contributed by atoms with Crippen molar-refractivity contribution in [1.29, 1.82) is 0 Å². The molecule has 0 aliphatic carbocycles. The van der Waals surface area contributed by atoms with Crippen LogP contribution < -0.4 is 5.32 Å². The molecule has 8 heteroatoms. The molecule has 3 aromatic rings. The molecule has 1 N–H and O–H groups in total. The second kappa shape index (κ2) is 7.63. The Morgan fingerprint density at radius 3 is 2.73 bits per heavy atom. The van der Waals surface area contributed by atoms with Gasteiger partial charge in [0.25, 0.3) is 5.78 Å². The van der Waals surface area contributed by atoms with E-state index < -0.39 is 0 Å². The molecule has 0 aliphatic rings. The number of hydrogen-bond acceptors (Lipinski definition) is 5. The van der Waals surface area contributed by atoms with Crippen molar-refractivity contribution in [2.75, 3.05) is 5.75 Å². The molecule has 0 spiro atoms. The summed E-state index contributed by atoms with van der Waals surface area (Å²) >= 11 is 7.46. The molecule has 0 saturated carbocycles. The summed E-state index contributed by atoms with van der Waals surface area (Å²) in [5, 5.41) is 8.57. The maximum atomic E-state index is 12.2. The third-order valence-electron chi connectivity index (χ3n) is 4.32. The van der Waals surface area contributed by atoms with Crippen LogP contribution in [0.15, 0.2) is 29.4 Å². The maximum absolute atomic E-state index is 12.2. The Morgan fingerprint density at radius 1 is 1.27 bits per heavy atom. The maximum Gasteiger partial charge on any atom is 0.253 e. The zero-order valence-electron chi connectivity index (χ0n) is 15.1. The fourth-order valence-electron chi connectivity index (χ4n) is 2.62. The van der Waals surface area contributed by atoms with Gasteiger partial charge in [0, 0.05) is 16.4 Å². The van der Waals surface area contributed by atoms with Crippen molar-refractivity contribution in [3.05, 3.63) is 51.8 Å². The van der Waals surface area contributed by atoms with Gasteiger partial charge in [0.2, 0.25) is 11.1 Å². The SMILES string of the molecule is Cc1nc2nc(SCC(=O)N[C@@H](C)c3ccccc3Cl)nn2c(C)c1C. The van der Waals surface area contributed by atoms with Crippen LogP contribution in [0.25, 0.3) is 5.78 Å². The second-order valence-electron chi connectivity index (χ2n) is 6.11. The van der Waals surface area contributed by atoms with Crippen LogP contribution in [0.4, 0.5) is 0 Å². The highest BCUT2D eigenvalue weighted by Gasteiger charge is 2.15. The highest BCUT2D eigenvalue weighted by molar-refractivity contribution is 7.99. The minimum Gasteiger partial charge on any atom is -0.349 e. The smallest absolute Gasteiger partial charge is 0.253 e. The molecule has 0 unspecified atom stereocenters. The third-order valence-corrected chi connectivity index (χ3v) is 5.50. The largest absolute Gasteiger partial charge is 0.349 e. The van der Waals surface area contributed by atoms with Crippen molar-refractivity contribution in [1.82, 2.24) is 24.9 Å². The van der Waals surface area contributed by atoms with Gasteiger partial charge in [0.1, 0.15) is 0 Å². The van der Waals surface area contributed by atoms with Crippen molar-refractivity contribution in [3.8, 4) is 0 Å². The minimum atomic E-state index is -0.167. The van der Waals surface area contributed by atoms with Crippen molar-refractivity contribution in [2.45, 2.75) is 38.9 Å². The molecule has 1 aromatic carbocycles. The molecule has 6 nitrogen and oxygen atoms in total. The Kier molecular flexibility index (Phi) is 5.48. The molecule has 0 aliphatic heterocycles. The zero-order valence-corrected chi connectivity index (χ0v) is 16.6. The fraction of sp³-hybridized carbons (Fsp3) is 0.333. The number of aromatic nitrogens is 4. The predicted molar refractivity (Wildman–Crippen MR) is 104 cm³/mol. The van der Waals surface area contributed by atoms with Gasteiger partial charge in [0.15, 0.2) is 0 Å². The van der Waals surface area contributed by atoms with Crippen LogP contribution >= 0.6 is 23.4 Å². The number of carbonyl (C=O) groups is 1. The lowest BCUT2D eigenvalue weighted by Gasteiger charge is -2.15. The van der Waals surface area contributed by atoms with Gasteiger partial charge in [-0.25, -0.2) is 9.50 Å². The summed E-state index contributed by atoms with van der Waals surface area (Å²) < 4.78 is 1.72. The first kappa shape index (κ1) is 18.7. The molecule has 2 heterocycles. The van der Waals surface area contributed by atoms with Crippen LogP contribution in [-0.2, 0) is 4.79 Å². The van der Waals surface area contributed by atoms with E-state index in [-0.39, 0.29) is 17.7 Å². The summed E-state index contributed by atoms with van der Waals surface area (Å²) in [5.41, 5.74) is 3.92. The van der Waals surface area contributed by atoms with Crippen molar-refractivity contribution < 1.29 is 4.79 Å². The van der Waals surface area contributed by atoms with Crippen LogP contribution in [0.5, 0.6) is 0 Å². The minimum absolute atomic E-state index is 0.0988. The standard InChI is InChI=1S/C18H20ClN5OS/c1-10-11(2)21-17-22-18(23-24(17)13(10)4)26-9-16(25)20-12(3)14-7-5-6-8-15(14)19/h5-8,12H,9H2,1-4H3,(H,20,25)/t12-/m0/s1. The summed E-state index contributed by atoms with van der Waals surface area (Å²) in [5.74, 6) is 0.680. The first-order valence-corrected chi connectivity index (χ1v) is 9.60. The molecular weight excluding hydrogens is 370 g/mol. The monoisotopic (exact) mass is 389 g/mol. The summed E-state index contributed by atoms with van der Waals surface area (Å²) in [6, 6.07) is 7.32. The van der Waals surface area contributed by atoms with E-state index in [4.69, 9.17) is 11.6 Å². The van der Waals surface area contributed by atoms with E-state index in [2.05, 4.69) is 20.4 Å². The van der Waals surface area contributed by atoms with Gasteiger partial charge < -0.3 is 5.32 Å². The molecular formula is C18H20ClN5OS. The quantitative estimate of drug-likeness (QED) is 0.674. The first-order chi connectivity index (χ1) is 12.4. The molecule has 1 atom stereocenters. The molecule has 3 rings (SSSR count). The van der Waals surface area contributed by atoms with Crippen LogP contribution in [0.2, 0.25) is 5.02 Å². The number of rotatable bonds is 5. The Morgan fingerprint density at radius 2 is 2.00 bits per heavy atom. The first-order valence-electron chi connectivity index (χ1n) is 8.24. The number of aryl methyl sites for hydroxylation is 2. The molecule has 0 fully saturated rings. The molecule has 136 valence electrons. The van der Waals surface area contributed by atoms with Gasteiger partial charge in [-0.05, 0) is 44.9 Å². The molecule has 2 aromatic heterocycles. The van der Waals surface area contributed by atoms with E-state index in [0.29, 0.717) is 16.0 Å². The lowest BCUT2D eigenvalue weighted by atomic mass is 10.1. The van der Waals surface area contributed by atoms with E-state index in [1.807, 2.05) is 52.0 Å². The highest BCUT2D eigenvalue weighted by atomic mass is 35.5. The Balaban J connectivity index is 1.65. The normalized spacial score (nSPS) is 12.3. The van der Waals surface area contributed by atoms with Gasteiger partial charge >= 0.3 is 0 Å². The van der Waals surface area contributed by atoms with E-state index in [1.165, 1.54) is 11.8 Å². The average molecular weight is 390 g/mol. The van der Waals surface area contributed by atoms with Crippen molar-refractivity contribution >= 4 is 35.0 Å². The van der Waals surface area contributed by atoms with Gasteiger partial charge in [-0.2, -0.15) is 4.98 Å². The highest BCUT2D eigenvalue weighted by Crippen LogP contribution is 2.23. The number of benzene rings is 1. The zero-order chi connectivity index (χ0) is 18.8. The number of carbonyl (C=O) groups excluding carboxylic acids is 1. The van der Waals surface area contributed by atoms with E-state index in [1.54, 1.807) is 4.52 Å². The third kappa shape index (κ3) is 3.83. The fourth-order valence-corrected chi connectivity index (χ4v) is 3.54. The van der Waals surface area contributed by atoms with E-state index >= 15 is 0 Å². The Bertz CT molecular complexity index is 972. The number of nitrogens with zero attached hydrogens (tertiary/aromatic N) is 4. The number of nitrogens with one attached hydrogen (secondary N) is 1. The Hall–Kier alpha value is -2.12. The summed E-state index contributed by atoms with van der Waals surface area (Å²) in [6.07, 6.45) is 0. The summed E-state index contributed by atoms with van der Waals surface area (Å²) in [6.45, 7) is 7.85. The number of halogens is 1. The molecule has 0 radical (unpaired) electrons. The Labute approximate surface area is 161 Å². The topological polar surface area (TPSA) is 72.2 Å². The van der Waals surface area contributed by atoms with Crippen molar-refractivity contribution in [2.24, 2.45) is 0 Å². The van der Waals surface area contributed by atoms with Crippen LogP contribution in [0.1, 0.15) is 35.5 Å². The predicted octanol–water partition coefficient (Wildman–Crippen LogP) is 3.67. The molecule has 0 bridgehead atoms. The second-order valence-corrected chi connectivity index (χ2v) is 7.46. The number of amides is 1. The summed E-state index contributed by atoms with van der Waals surface area (Å²) in [7, 11) is 0. The van der Waals surface area contributed by atoms with Crippen LogP contribution in [0.3, 0.4) is 0 Å². The summed E-state index contributed by atoms with van der Waals surface area (Å²) in [4.78, 5) is 21.1. The van der Waals surface area contributed by atoms with Crippen molar-refractivity contribution in [3.63, 3.8) is 0 Å². The van der Waals surface area contributed by atoms with Gasteiger partial charge in [0.05, 0.1) is 11.8 Å². The number of fused-ring (bicyclic) bond motifs is 1. The lowest BCUT2D eigenvalue weighted by molar-refractivity contribution is -0.119. The molecule has 0 saturated heterocycles.